The fourth-order valence-electron chi connectivity index (χ4n) is 3.07. The third-order valence-electron chi connectivity index (χ3n) is 4.43. The SMILES string of the molecule is COc1cc2c(cc1OC)CN(CCc1ccc(Cl)cc1)CC2. The van der Waals surface area contributed by atoms with Crippen LogP contribution in [0.4, 0.5) is 0 Å². The average molecular weight is 332 g/mol. The molecule has 0 spiro atoms. The van der Waals surface area contributed by atoms with Crippen LogP contribution in [0, 0.1) is 0 Å². The van der Waals surface area contributed by atoms with E-state index in [1.54, 1.807) is 14.2 Å². The third-order valence-corrected chi connectivity index (χ3v) is 4.68. The number of rotatable bonds is 5. The molecule has 0 atom stereocenters. The van der Waals surface area contributed by atoms with Crippen molar-refractivity contribution in [3.8, 4) is 11.5 Å². The fraction of sp³-hybridized carbons (Fsp3) is 0.368. The van der Waals surface area contributed by atoms with Crippen LogP contribution in [0.3, 0.4) is 0 Å². The number of nitrogens with zero attached hydrogens (tertiary/aromatic N) is 1. The first-order valence-electron chi connectivity index (χ1n) is 7.90. The van der Waals surface area contributed by atoms with Gasteiger partial charge in [-0.1, -0.05) is 23.7 Å². The maximum Gasteiger partial charge on any atom is 0.161 e. The molecule has 0 saturated heterocycles. The first-order valence-corrected chi connectivity index (χ1v) is 8.28. The van der Waals surface area contributed by atoms with E-state index in [1.807, 2.05) is 12.1 Å². The van der Waals surface area contributed by atoms with Crippen molar-refractivity contribution >= 4 is 11.6 Å². The van der Waals surface area contributed by atoms with E-state index in [-0.39, 0.29) is 0 Å². The molecule has 2 aromatic rings. The van der Waals surface area contributed by atoms with Gasteiger partial charge in [0.15, 0.2) is 11.5 Å². The summed E-state index contributed by atoms with van der Waals surface area (Å²) in [6, 6.07) is 12.4. The summed E-state index contributed by atoms with van der Waals surface area (Å²) in [7, 11) is 3.37. The summed E-state index contributed by atoms with van der Waals surface area (Å²) in [5.74, 6) is 1.63. The van der Waals surface area contributed by atoms with E-state index in [2.05, 4.69) is 29.2 Å². The van der Waals surface area contributed by atoms with Crippen LogP contribution in [0.1, 0.15) is 16.7 Å². The lowest BCUT2D eigenvalue weighted by molar-refractivity contribution is 0.255. The summed E-state index contributed by atoms with van der Waals surface area (Å²) >= 11 is 5.94. The van der Waals surface area contributed by atoms with E-state index in [1.165, 1.54) is 16.7 Å². The van der Waals surface area contributed by atoms with Gasteiger partial charge in [-0.2, -0.15) is 0 Å². The lowest BCUT2D eigenvalue weighted by Gasteiger charge is -2.29. The van der Waals surface area contributed by atoms with Crippen molar-refractivity contribution in [3.63, 3.8) is 0 Å². The Morgan fingerprint density at radius 3 is 2.30 bits per heavy atom. The molecule has 0 unspecified atom stereocenters. The molecule has 0 amide bonds. The van der Waals surface area contributed by atoms with Crippen LogP contribution in [0.5, 0.6) is 11.5 Å². The Morgan fingerprint density at radius 1 is 1.00 bits per heavy atom. The first-order chi connectivity index (χ1) is 11.2. The molecule has 0 bridgehead atoms. The number of ether oxygens (including phenoxy) is 2. The van der Waals surface area contributed by atoms with E-state index < -0.39 is 0 Å². The summed E-state index contributed by atoms with van der Waals surface area (Å²) in [5, 5.41) is 0.793. The van der Waals surface area contributed by atoms with Crippen molar-refractivity contribution < 1.29 is 9.47 Å². The van der Waals surface area contributed by atoms with E-state index in [0.29, 0.717) is 0 Å². The van der Waals surface area contributed by atoms with Gasteiger partial charge in [0.25, 0.3) is 0 Å². The molecule has 0 fully saturated rings. The molecule has 2 aromatic carbocycles. The Hall–Kier alpha value is -1.71. The Kier molecular flexibility index (Phi) is 5.09. The van der Waals surface area contributed by atoms with Gasteiger partial charge in [-0.25, -0.2) is 0 Å². The molecule has 3 nitrogen and oxygen atoms in total. The molecule has 0 aliphatic carbocycles. The highest BCUT2D eigenvalue weighted by Gasteiger charge is 2.19. The number of hydrogen-bond donors (Lipinski definition) is 0. The molecule has 1 heterocycles. The van der Waals surface area contributed by atoms with E-state index in [0.717, 1.165) is 49.0 Å². The minimum absolute atomic E-state index is 0.793. The maximum atomic E-state index is 5.94. The van der Waals surface area contributed by atoms with Crippen molar-refractivity contribution in [1.82, 2.24) is 4.90 Å². The van der Waals surface area contributed by atoms with E-state index >= 15 is 0 Å². The summed E-state index contributed by atoms with van der Waals surface area (Å²) < 4.78 is 10.8. The second kappa shape index (κ2) is 7.24. The average Bonchev–Trinajstić information content (AvgIpc) is 2.59. The topological polar surface area (TPSA) is 21.7 Å². The van der Waals surface area contributed by atoms with Gasteiger partial charge in [0.05, 0.1) is 14.2 Å². The van der Waals surface area contributed by atoms with Gasteiger partial charge in [0, 0.05) is 24.7 Å². The maximum absolute atomic E-state index is 5.94. The van der Waals surface area contributed by atoms with Gasteiger partial charge in [-0.05, 0) is 53.8 Å². The highest BCUT2D eigenvalue weighted by atomic mass is 35.5. The van der Waals surface area contributed by atoms with Crippen molar-refractivity contribution in [2.75, 3.05) is 27.3 Å². The largest absolute Gasteiger partial charge is 0.493 e. The fourth-order valence-corrected chi connectivity index (χ4v) is 3.20. The first kappa shape index (κ1) is 16.2. The smallest absolute Gasteiger partial charge is 0.161 e. The summed E-state index contributed by atoms with van der Waals surface area (Å²) in [4.78, 5) is 2.49. The number of halogens is 1. The highest BCUT2D eigenvalue weighted by molar-refractivity contribution is 6.30. The monoisotopic (exact) mass is 331 g/mol. The molecule has 4 heteroatoms. The van der Waals surface area contributed by atoms with Crippen molar-refractivity contribution in [3.05, 3.63) is 58.1 Å². The molecular weight excluding hydrogens is 310 g/mol. The number of methoxy groups -OCH3 is 2. The zero-order chi connectivity index (χ0) is 16.2. The molecule has 0 saturated carbocycles. The van der Waals surface area contributed by atoms with Crippen LogP contribution >= 0.6 is 11.6 Å². The predicted octanol–water partition coefficient (Wildman–Crippen LogP) is 3.96. The zero-order valence-electron chi connectivity index (χ0n) is 13.6. The summed E-state index contributed by atoms with van der Waals surface area (Å²) in [6.45, 7) is 3.09. The van der Waals surface area contributed by atoms with Crippen LogP contribution in [0.2, 0.25) is 5.02 Å². The lowest BCUT2D eigenvalue weighted by atomic mass is 9.98. The third kappa shape index (κ3) is 3.80. The molecule has 23 heavy (non-hydrogen) atoms. The summed E-state index contributed by atoms with van der Waals surface area (Å²) in [6.07, 6.45) is 2.09. The Labute approximate surface area is 142 Å². The number of benzene rings is 2. The molecule has 122 valence electrons. The van der Waals surface area contributed by atoms with Gasteiger partial charge < -0.3 is 9.47 Å². The lowest BCUT2D eigenvalue weighted by Crippen LogP contribution is -2.32. The van der Waals surface area contributed by atoms with Crippen molar-refractivity contribution in [2.45, 2.75) is 19.4 Å². The Morgan fingerprint density at radius 2 is 1.65 bits per heavy atom. The molecule has 1 aliphatic heterocycles. The second-order valence-electron chi connectivity index (χ2n) is 5.88. The standard InChI is InChI=1S/C19H22ClNO2/c1-22-18-11-15-8-10-21(13-16(15)12-19(18)23-2)9-7-14-3-5-17(20)6-4-14/h3-6,11-12H,7-10,13H2,1-2H3. The molecule has 0 radical (unpaired) electrons. The molecular formula is C19H22ClNO2. The summed E-state index contributed by atoms with van der Waals surface area (Å²) in [5.41, 5.74) is 4.03. The van der Waals surface area contributed by atoms with Crippen molar-refractivity contribution in [2.24, 2.45) is 0 Å². The van der Waals surface area contributed by atoms with Crippen LogP contribution in [0.25, 0.3) is 0 Å². The Bertz CT molecular complexity index is 670. The zero-order valence-corrected chi connectivity index (χ0v) is 14.4. The quantitative estimate of drug-likeness (QED) is 0.827. The van der Waals surface area contributed by atoms with Gasteiger partial charge in [0.2, 0.25) is 0 Å². The van der Waals surface area contributed by atoms with E-state index in [4.69, 9.17) is 21.1 Å². The van der Waals surface area contributed by atoms with Crippen LogP contribution < -0.4 is 9.47 Å². The normalized spacial score (nSPS) is 14.4. The van der Waals surface area contributed by atoms with Crippen LogP contribution in [0.15, 0.2) is 36.4 Å². The van der Waals surface area contributed by atoms with Gasteiger partial charge in [0.1, 0.15) is 0 Å². The van der Waals surface area contributed by atoms with Crippen LogP contribution in [-0.4, -0.2) is 32.2 Å². The molecule has 0 aromatic heterocycles. The molecule has 0 N–H and O–H groups in total. The minimum atomic E-state index is 0.793. The van der Waals surface area contributed by atoms with E-state index in [9.17, 15) is 0 Å². The molecule has 3 rings (SSSR count). The van der Waals surface area contributed by atoms with Gasteiger partial charge in [-0.3, -0.25) is 4.90 Å². The predicted molar refractivity (Wildman–Crippen MR) is 93.7 cm³/mol. The Balaban J connectivity index is 1.66. The minimum Gasteiger partial charge on any atom is -0.493 e. The van der Waals surface area contributed by atoms with Crippen LogP contribution in [-0.2, 0) is 19.4 Å². The number of hydrogen-bond acceptors (Lipinski definition) is 3. The van der Waals surface area contributed by atoms with Crippen molar-refractivity contribution in [1.29, 1.82) is 0 Å². The molecule has 1 aliphatic rings. The van der Waals surface area contributed by atoms with Gasteiger partial charge >= 0.3 is 0 Å². The highest BCUT2D eigenvalue weighted by Crippen LogP contribution is 2.33. The second-order valence-corrected chi connectivity index (χ2v) is 6.31. The van der Waals surface area contributed by atoms with Gasteiger partial charge in [-0.15, -0.1) is 0 Å². The number of fused-ring (bicyclic) bond motifs is 1.